The van der Waals surface area contributed by atoms with E-state index < -0.39 is 22.0 Å². The van der Waals surface area contributed by atoms with Crippen LogP contribution in [0.3, 0.4) is 0 Å². The van der Waals surface area contributed by atoms with Crippen LogP contribution in [-0.4, -0.2) is 40.4 Å². The number of aromatic nitrogens is 2. The minimum Gasteiger partial charge on any atom is -0.508 e. The van der Waals surface area contributed by atoms with Gasteiger partial charge in [-0.25, -0.2) is 8.42 Å². The number of carboxylic acid groups (broad SMARTS) is 1. The van der Waals surface area contributed by atoms with Gasteiger partial charge in [0.05, 0.1) is 11.9 Å². The van der Waals surface area contributed by atoms with Gasteiger partial charge in [-0.15, -0.1) is 0 Å². The summed E-state index contributed by atoms with van der Waals surface area (Å²) in [7, 11) is -2.43. The lowest BCUT2D eigenvalue weighted by atomic mass is 10.1. The van der Waals surface area contributed by atoms with Gasteiger partial charge in [0.15, 0.2) is 0 Å². The van der Waals surface area contributed by atoms with Crippen LogP contribution in [-0.2, 0) is 28.3 Å². The Bertz CT molecular complexity index is 829. The highest BCUT2D eigenvalue weighted by atomic mass is 32.2. The van der Waals surface area contributed by atoms with Crippen molar-refractivity contribution in [1.82, 2.24) is 14.5 Å². The minimum atomic E-state index is -4.02. The molecule has 0 aliphatic rings. The maximum atomic E-state index is 12.4. The minimum absolute atomic E-state index is 0.0161. The SMILES string of the molecule is Cc1c(S(=O)(=O)NC(Cc2cccc(O)c2)C(=O)O)cnn1C. The quantitative estimate of drug-likeness (QED) is 0.701. The van der Waals surface area contributed by atoms with Gasteiger partial charge in [-0.1, -0.05) is 12.1 Å². The fraction of sp³-hybridized carbons (Fsp3) is 0.286. The summed E-state index contributed by atoms with van der Waals surface area (Å²) in [5.74, 6) is -1.32. The van der Waals surface area contributed by atoms with Crippen molar-refractivity contribution in [3.05, 3.63) is 41.7 Å². The van der Waals surface area contributed by atoms with E-state index >= 15 is 0 Å². The van der Waals surface area contributed by atoms with Crippen molar-refractivity contribution in [3.63, 3.8) is 0 Å². The lowest BCUT2D eigenvalue weighted by Gasteiger charge is -2.15. The summed E-state index contributed by atoms with van der Waals surface area (Å²) in [5.41, 5.74) is 0.905. The van der Waals surface area contributed by atoms with Crippen molar-refractivity contribution in [1.29, 1.82) is 0 Å². The molecule has 124 valence electrons. The van der Waals surface area contributed by atoms with Gasteiger partial charge in [-0.05, 0) is 31.0 Å². The first-order valence-electron chi connectivity index (χ1n) is 6.72. The van der Waals surface area contributed by atoms with Crippen LogP contribution in [0.1, 0.15) is 11.3 Å². The molecule has 0 fully saturated rings. The van der Waals surface area contributed by atoms with Gasteiger partial charge < -0.3 is 10.2 Å². The van der Waals surface area contributed by atoms with Crippen LogP contribution < -0.4 is 4.72 Å². The Morgan fingerprint density at radius 3 is 2.65 bits per heavy atom. The van der Waals surface area contributed by atoms with Crippen LogP contribution in [0, 0.1) is 6.92 Å². The first-order chi connectivity index (χ1) is 10.7. The second-order valence-electron chi connectivity index (χ2n) is 5.10. The number of aromatic hydroxyl groups is 1. The number of hydrogen-bond donors (Lipinski definition) is 3. The normalized spacial score (nSPS) is 13.0. The highest BCUT2D eigenvalue weighted by Gasteiger charge is 2.28. The fourth-order valence-corrected chi connectivity index (χ4v) is 3.48. The highest BCUT2D eigenvalue weighted by Crippen LogP contribution is 2.16. The number of carboxylic acids is 1. The molecular weight excluding hydrogens is 322 g/mol. The summed E-state index contributed by atoms with van der Waals surface area (Å²) in [6, 6.07) is 4.64. The first-order valence-corrected chi connectivity index (χ1v) is 8.20. The Hall–Kier alpha value is -2.39. The van der Waals surface area contributed by atoms with E-state index in [0.717, 1.165) is 0 Å². The second-order valence-corrected chi connectivity index (χ2v) is 6.79. The maximum absolute atomic E-state index is 12.4. The van der Waals surface area contributed by atoms with Crippen molar-refractivity contribution in [2.45, 2.75) is 24.3 Å². The molecule has 0 spiro atoms. The van der Waals surface area contributed by atoms with Crippen LogP contribution in [0.2, 0.25) is 0 Å². The van der Waals surface area contributed by atoms with E-state index in [1.54, 1.807) is 26.1 Å². The molecule has 0 bridgehead atoms. The molecule has 0 aliphatic heterocycles. The molecule has 0 saturated carbocycles. The number of nitrogens with one attached hydrogen (secondary N) is 1. The molecule has 1 unspecified atom stereocenters. The fourth-order valence-electron chi connectivity index (χ4n) is 2.09. The molecule has 0 aliphatic carbocycles. The topological polar surface area (TPSA) is 122 Å². The molecule has 2 rings (SSSR count). The zero-order valence-electron chi connectivity index (χ0n) is 12.6. The van der Waals surface area contributed by atoms with Crippen LogP contribution in [0.4, 0.5) is 0 Å². The number of nitrogens with zero attached hydrogens (tertiary/aromatic N) is 2. The zero-order chi connectivity index (χ0) is 17.2. The Balaban J connectivity index is 2.26. The van der Waals surface area contributed by atoms with Gasteiger partial charge in [-0.3, -0.25) is 9.48 Å². The summed E-state index contributed by atoms with van der Waals surface area (Å²) in [6.07, 6.45) is 1.08. The van der Waals surface area contributed by atoms with E-state index in [-0.39, 0.29) is 17.1 Å². The number of rotatable bonds is 6. The average molecular weight is 339 g/mol. The average Bonchev–Trinajstić information content (AvgIpc) is 2.78. The highest BCUT2D eigenvalue weighted by molar-refractivity contribution is 7.89. The van der Waals surface area contributed by atoms with E-state index in [4.69, 9.17) is 0 Å². The van der Waals surface area contributed by atoms with E-state index in [1.165, 1.54) is 23.0 Å². The molecular formula is C14H17N3O5S. The molecule has 3 N–H and O–H groups in total. The molecule has 8 nitrogen and oxygen atoms in total. The molecule has 1 heterocycles. The predicted octanol–water partition coefficient (Wildman–Crippen LogP) is 0.408. The van der Waals surface area contributed by atoms with E-state index in [2.05, 4.69) is 9.82 Å². The Morgan fingerprint density at radius 2 is 2.13 bits per heavy atom. The lowest BCUT2D eigenvalue weighted by molar-refractivity contribution is -0.138. The predicted molar refractivity (Wildman–Crippen MR) is 81.5 cm³/mol. The van der Waals surface area contributed by atoms with Gasteiger partial charge in [0.25, 0.3) is 0 Å². The van der Waals surface area contributed by atoms with Gasteiger partial charge in [-0.2, -0.15) is 9.82 Å². The molecule has 9 heteroatoms. The molecule has 0 amide bonds. The summed E-state index contributed by atoms with van der Waals surface area (Å²) >= 11 is 0. The van der Waals surface area contributed by atoms with Crippen LogP contribution in [0.15, 0.2) is 35.4 Å². The second kappa shape index (κ2) is 6.39. The number of benzene rings is 1. The smallest absolute Gasteiger partial charge is 0.322 e. The molecule has 1 atom stereocenters. The van der Waals surface area contributed by atoms with Crippen LogP contribution in [0.5, 0.6) is 5.75 Å². The number of sulfonamides is 1. The van der Waals surface area contributed by atoms with E-state index in [1.807, 2.05) is 0 Å². The number of phenols is 1. The van der Waals surface area contributed by atoms with Crippen molar-refractivity contribution >= 4 is 16.0 Å². The number of aryl methyl sites for hydroxylation is 1. The largest absolute Gasteiger partial charge is 0.508 e. The Morgan fingerprint density at radius 1 is 1.43 bits per heavy atom. The standard InChI is InChI=1S/C14H17N3O5S/c1-9-13(8-15-17(9)2)23(21,22)16-12(14(19)20)7-10-4-3-5-11(18)6-10/h3-6,8,12,16,18H,7H2,1-2H3,(H,19,20). The number of aliphatic carboxylic acids is 1. The first kappa shape index (κ1) is 17.0. The van der Waals surface area contributed by atoms with Gasteiger partial charge in [0.2, 0.25) is 10.0 Å². The van der Waals surface area contributed by atoms with Gasteiger partial charge >= 0.3 is 5.97 Å². The van der Waals surface area contributed by atoms with Gasteiger partial charge in [0.1, 0.15) is 16.7 Å². The summed E-state index contributed by atoms with van der Waals surface area (Å²) in [5, 5.41) is 22.5. The monoisotopic (exact) mass is 339 g/mol. The Labute approximate surface area is 133 Å². The summed E-state index contributed by atoms with van der Waals surface area (Å²) in [6.45, 7) is 1.58. The number of phenolic OH excluding ortho intramolecular Hbond substituents is 1. The van der Waals surface area contributed by atoms with E-state index in [0.29, 0.717) is 11.3 Å². The van der Waals surface area contributed by atoms with E-state index in [9.17, 15) is 23.4 Å². The van der Waals surface area contributed by atoms with Gasteiger partial charge in [0, 0.05) is 7.05 Å². The Kier molecular flexibility index (Phi) is 4.71. The third-order valence-electron chi connectivity index (χ3n) is 3.43. The molecule has 1 aromatic carbocycles. The third-order valence-corrected chi connectivity index (χ3v) is 5.00. The molecule has 0 radical (unpaired) electrons. The van der Waals surface area contributed by atoms with Crippen molar-refractivity contribution < 1.29 is 23.4 Å². The molecule has 0 saturated heterocycles. The molecule has 2 aromatic rings. The van der Waals surface area contributed by atoms with Crippen LogP contribution >= 0.6 is 0 Å². The summed E-state index contributed by atoms with van der Waals surface area (Å²) < 4.78 is 28.3. The molecule has 1 aromatic heterocycles. The van der Waals surface area contributed by atoms with Crippen molar-refractivity contribution in [2.75, 3.05) is 0 Å². The number of carbonyl (C=O) groups is 1. The molecule has 23 heavy (non-hydrogen) atoms. The zero-order valence-corrected chi connectivity index (χ0v) is 13.4. The third kappa shape index (κ3) is 3.88. The maximum Gasteiger partial charge on any atom is 0.322 e. The summed E-state index contributed by atoms with van der Waals surface area (Å²) in [4.78, 5) is 11.3. The lowest BCUT2D eigenvalue weighted by Crippen LogP contribution is -2.42. The number of hydrogen-bond acceptors (Lipinski definition) is 5. The van der Waals surface area contributed by atoms with Crippen molar-refractivity contribution in [2.24, 2.45) is 7.05 Å². The van der Waals surface area contributed by atoms with Crippen LogP contribution in [0.25, 0.3) is 0 Å². The van der Waals surface area contributed by atoms with Crippen molar-refractivity contribution in [3.8, 4) is 5.75 Å².